The average Bonchev–Trinajstić information content (AvgIpc) is 2.58. The van der Waals surface area contributed by atoms with Crippen LogP contribution < -0.4 is 5.32 Å². The van der Waals surface area contributed by atoms with E-state index in [-0.39, 0.29) is 11.3 Å². The van der Waals surface area contributed by atoms with E-state index in [0.717, 1.165) is 11.6 Å². The van der Waals surface area contributed by atoms with Gasteiger partial charge in [0.1, 0.15) is 0 Å². The number of carbonyl (C=O) groups excluding carboxylic acids is 2. The number of anilines is 1. The largest absolute Gasteiger partial charge is 0.452 e. The maximum Gasteiger partial charge on any atom is 0.331 e. The highest BCUT2D eigenvalue weighted by atomic mass is 16.6. The molecule has 0 heterocycles. The van der Waals surface area contributed by atoms with Gasteiger partial charge in [0.25, 0.3) is 11.6 Å². The van der Waals surface area contributed by atoms with Gasteiger partial charge >= 0.3 is 5.97 Å². The van der Waals surface area contributed by atoms with Crippen molar-refractivity contribution >= 4 is 29.3 Å². The van der Waals surface area contributed by atoms with Crippen molar-refractivity contribution in [3.63, 3.8) is 0 Å². The van der Waals surface area contributed by atoms with Crippen molar-refractivity contribution in [1.29, 1.82) is 0 Å². The van der Waals surface area contributed by atoms with Crippen molar-refractivity contribution < 1.29 is 19.2 Å². The first-order chi connectivity index (χ1) is 12.0. The fourth-order valence-corrected chi connectivity index (χ4v) is 2.06. The molecule has 25 heavy (non-hydrogen) atoms. The van der Waals surface area contributed by atoms with Gasteiger partial charge in [0.15, 0.2) is 6.61 Å². The number of nitro groups is 1. The molecule has 2 aromatic rings. The molecule has 0 atom stereocenters. The zero-order valence-electron chi connectivity index (χ0n) is 13.5. The van der Waals surface area contributed by atoms with Crippen LogP contribution in [0.1, 0.15) is 11.1 Å². The Hall–Kier alpha value is -3.48. The number of aryl methyl sites for hydroxylation is 1. The standard InChI is InChI=1S/C18H16N2O5/c1-13-5-4-7-15(11-13)19-17(21)12-25-18(22)10-9-14-6-2-3-8-16(14)20(23)24/h2-11H,12H2,1H3,(H,19,21). The van der Waals surface area contributed by atoms with E-state index in [4.69, 9.17) is 4.74 Å². The molecule has 2 aromatic carbocycles. The molecule has 0 fully saturated rings. The molecule has 0 aliphatic carbocycles. The Morgan fingerprint density at radius 2 is 1.96 bits per heavy atom. The summed E-state index contributed by atoms with van der Waals surface area (Å²) in [7, 11) is 0. The molecule has 128 valence electrons. The predicted molar refractivity (Wildman–Crippen MR) is 92.9 cm³/mol. The Balaban J connectivity index is 1.88. The number of nitro benzene ring substituents is 1. The van der Waals surface area contributed by atoms with E-state index in [0.29, 0.717) is 5.69 Å². The van der Waals surface area contributed by atoms with Crippen LogP contribution in [0.2, 0.25) is 0 Å². The molecule has 0 saturated carbocycles. The predicted octanol–water partition coefficient (Wildman–Crippen LogP) is 3.10. The smallest absolute Gasteiger partial charge is 0.331 e. The number of esters is 1. The molecule has 7 nitrogen and oxygen atoms in total. The lowest BCUT2D eigenvalue weighted by molar-refractivity contribution is -0.385. The van der Waals surface area contributed by atoms with Crippen LogP contribution in [0.25, 0.3) is 6.08 Å². The lowest BCUT2D eigenvalue weighted by Crippen LogP contribution is -2.20. The lowest BCUT2D eigenvalue weighted by atomic mass is 10.1. The molecule has 0 radical (unpaired) electrons. The third kappa shape index (κ3) is 5.58. The first kappa shape index (κ1) is 17.9. The summed E-state index contributed by atoms with van der Waals surface area (Å²) in [5.41, 5.74) is 1.75. The van der Waals surface area contributed by atoms with E-state index >= 15 is 0 Å². The van der Waals surface area contributed by atoms with Gasteiger partial charge in [-0.15, -0.1) is 0 Å². The summed E-state index contributed by atoms with van der Waals surface area (Å²) in [6, 6.07) is 13.2. The molecule has 0 unspecified atom stereocenters. The van der Waals surface area contributed by atoms with E-state index in [9.17, 15) is 19.7 Å². The first-order valence-electron chi connectivity index (χ1n) is 7.40. The van der Waals surface area contributed by atoms with Gasteiger partial charge in [-0.05, 0) is 36.8 Å². The molecule has 0 saturated heterocycles. The number of amides is 1. The van der Waals surface area contributed by atoms with Gasteiger partial charge in [0.2, 0.25) is 0 Å². The monoisotopic (exact) mass is 340 g/mol. The summed E-state index contributed by atoms with van der Waals surface area (Å²) in [6.07, 6.45) is 2.32. The molecule has 7 heteroatoms. The Morgan fingerprint density at radius 3 is 2.68 bits per heavy atom. The number of rotatable bonds is 6. The van der Waals surface area contributed by atoms with Crippen LogP contribution in [0.5, 0.6) is 0 Å². The SMILES string of the molecule is Cc1cccc(NC(=O)COC(=O)C=Cc2ccccc2[N+](=O)[O-])c1. The first-order valence-corrected chi connectivity index (χ1v) is 7.40. The van der Waals surface area contributed by atoms with Gasteiger partial charge in [0, 0.05) is 17.8 Å². The van der Waals surface area contributed by atoms with E-state index in [1.165, 1.54) is 24.3 Å². The Bertz CT molecular complexity index is 830. The number of hydrogen-bond acceptors (Lipinski definition) is 5. The number of para-hydroxylation sites is 1. The second-order valence-electron chi connectivity index (χ2n) is 5.17. The normalized spacial score (nSPS) is 10.4. The van der Waals surface area contributed by atoms with Gasteiger partial charge in [-0.3, -0.25) is 14.9 Å². The summed E-state index contributed by atoms with van der Waals surface area (Å²) in [4.78, 5) is 33.7. The van der Waals surface area contributed by atoms with Gasteiger partial charge < -0.3 is 10.1 Å². The van der Waals surface area contributed by atoms with Crippen molar-refractivity contribution in [1.82, 2.24) is 0 Å². The lowest BCUT2D eigenvalue weighted by Gasteiger charge is -2.06. The Kier molecular flexibility index (Phi) is 6.00. The van der Waals surface area contributed by atoms with E-state index in [2.05, 4.69) is 5.32 Å². The van der Waals surface area contributed by atoms with Crippen LogP contribution in [-0.2, 0) is 14.3 Å². The third-order valence-electron chi connectivity index (χ3n) is 3.18. The van der Waals surface area contributed by atoms with Crippen LogP contribution in [0.3, 0.4) is 0 Å². The van der Waals surface area contributed by atoms with Crippen LogP contribution in [-0.4, -0.2) is 23.4 Å². The minimum absolute atomic E-state index is 0.122. The highest BCUT2D eigenvalue weighted by Gasteiger charge is 2.10. The molecule has 1 N–H and O–H groups in total. The zero-order valence-corrected chi connectivity index (χ0v) is 13.5. The summed E-state index contributed by atoms with van der Waals surface area (Å²) in [5, 5.41) is 13.5. The van der Waals surface area contributed by atoms with Crippen molar-refractivity contribution in [2.75, 3.05) is 11.9 Å². The molecule has 0 spiro atoms. The molecule has 1 amide bonds. The molecule has 0 aliphatic heterocycles. The number of benzene rings is 2. The van der Waals surface area contributed by atoms with Gasteiger partial charge in [0.05, 0.1) is 10.5 Å². The maximum absolute atomic E-state index is 11.7. The topological polar surface area (TPSA) is 98.5 Å². The summed E-state index contributed by atoms with van der Waals surface area (Å²) < 4.78 is 4.82. The average molecular weight is 340 g/mol. The number of ether oxygens (including phenoxy) is 1. The molecule has 0 bridgehead atoms. The number of nitrogens with zero attached hydrogens (tertiary/aromatic N) is 1. The third-order valence-corrected chi connectivity index (χ3v) is 3.18. The van der Waals surface area contributed by atoms with Gasteiger partial charge in [-0.2, -0.15) is 0 Å². The molecule has 0 aliphatic rings. The van der Waals surface area contributed by atoms with Crippen molar-refractivity contribution in [2.45, 2.75) is 6.92 Å². The summed E-state index contributed by atoms with van der Waals surface area (Å²) in [5.74, 6) is -1.24. The van der Waals surface area contributed by atoms with Crippen molar-refractivity contribution in [3.8, 4) is 0 Å². The fourth-order valence-electron chi connectivity index (χ4n) is 2.06. The van der Waals surface area contributed by atoms with Crippen LogP contribution in [0.4, 0.5) is 11.4 Å². The minimum Gasteiger partial charge on any atom is -0.452 e. The molecular formula is C18H16N2O5. The van der Waals surface area contributed by atoms with E-state index < -0.39 is 23.4 Å². The zero-order chi connectivity index (χ0) is 18.2. The molecule has 0 aromatic heterocycles. The van der Waals surface area contributed by atoms with Crippen LogP contribution >= 0.6 is 0 Å². The second kappa shape index (κ2) is 8.39. The number of carbonyl (C=O) groups is 2. The highest BCUT2D eigenvalue weighted by molar-refractivity contribution is 5.94. The van der Waals surface area contributed by atoms with Crippen molar-refractivity contribution in [2.24, 2.45) is 0 Å². The van der Waals surface area contributed by atoms with Gasteiger partial charge in [-0.1, -0.05) is 24.3 Å². The van der Waals surface area contributed by atoms with Crippen LogP contribution in [0, 0.1) is 17.0 Å². The molecular weight excluding hydrogens is 324 g/mol. The summed E-state index contributed by atoms with van der Waals surface area (Å²) >= 11 is 0. The minimum atomic E-state index is -0.766. The number of nitrogens with one attached hydrogen (secondary N) is 1. The van der Waals surface area contributed by atoms with E-state index in [1.807, 2.05) is 13.0 Å². The van der Waals surface area contributed by atoms with E-state index in [1.54, 1.807) is 24.3 Å². The highest BCUT2D eigenvalue weighted by Crippen LogP contribution is 2.18. The Morgan fingerprint density at radius 1 is 1.20 bits per heavy atom. The molecule has 2 rings (SSSR count). The Labute approximate surface area is 144 Å². The van der Waals surface area contributed by atoms with Crippen LogP contribution in [0.15, 0.2) is 54.6 Å². The maximum atomic E-state index is 11.7. The van der Waals surface area contributed by atoms with Crippen molar-refractivity contribution in [3.05, 3.63) is 75.8 Å². The summed E-state index contributed by atoms with van der Waals surface area (Å²) in [6.45, 7) is 1.44. The fraction of sp³-hybridized carbons (Fsp3) is 0.111. The number of hydrogen-bond donors (Lipinski definition) is 1. The van der Waals surface area contributed by atoms with Gasteiger partial charge in [-0.25, -0.2) is 4.79 Å². The quantitative estimate of drug-likeness (QED) is 0.377. The second-order valence-corrected chi connectivity index (χ2v) is 5.17.